The molecule has 20 heavy (non-hydrogen) atoms. The highest BCUT2D eigenvalue weighted by molar-refractivity contribution is 5.81. The van der Waals surface area contributed by atoms with Crippen molar-refractivity contribution in [3.8, 4) is 0 Å². The number of nitrogens with one attached hydrogen (secondary N) is 1. The van der Waals surface area contributed by atoms with Gasteiger partial charge in [0.05, 0.1) is 6.61 Å². The van der Waals surface area contributed by atoms with Crippen LogP contribution in [-0.2, 0) is 9.53 Å². The molecule has 1 saturated carbocycles. The molecule has 0 spiro atoms. The van der Waals surface area contributed by atoms with Crippen molar-refractivity contribution in [3.63, 3.8) is 0 Å². The van der Waals surface area contributed by atoms with Gasteiger partial charge in [0.25, 0.3) is 0 Å². The SMILES string of the molecule is CCOC(=O)C1(NC)CCC(n2ccnc2C(C)C)C1. The van der Waals surface area contributed by atoms with Crippen LogP contribution in [0.15, 0.2) is 12.4 Å². The van der Waals surface area contributed by atoms with Crippen LogP contribution in [-0.4, -0.2) is 34.7 Å². The second kappa shape index (κ2) is 5.95. The van der Waals surface area contributed by atoms with Crippen LogP contribution in [0.2, 0.25) is 0 Å². The van der Waals surface area contributed by atoms with Crippen molar-refractivity contribution < 1.29 is 9.53 Å². The van der Waals surface area contributed by atoms with E-state index in [0.717, 1.165) is 25.1 Å². The Bertz CT molecular complexity index is 469. The highest BCUT2D eigenvalue weighted by atomic mass is 16.5. The lowest BCUT2D eigenvalue weighted by atomic mass is 9.97. The zero-order chi connectivity index (χ0) is 14.8. The second-order valence-electron chi connectivity index (χ2n) is 5.80. The molecule has 1 fully saturated rings. The van der Waals surface area contributed by atoms with Crippen LogP contribution in [0.4, 0.5) is 0 Å². The summed E-state index contributed by atoms with van der Waals surface area (Å²) in [6.07, 6.45) is 6.41. The molecule has 2 atom stereocenters. The summed E-state index contributed by atoms with van der Waals surface area (Å²) in [4.78, 5) is 16.7. The molecular weight excluding hydrogens is 254 g/mol. The summed E-state index contributed by atoms with van der Waals surface area (Å²) in [6.45, 7) is 6.56. The van der Waals surface area contributed by atoms with Crippen LogP contribution >= 0.6 is 0 Å². The van der Waals surface area contributed by atoms with Crippen molar-refractivity contribution in [2.45, 2.75) is 57.5 Å². The summed E-state index contributed by atoms with van der Waals surface area (Å²) in [5.41, 5.74) is -0.542. The van der Waals surface area contributed by atoms with E-state index in [9.17, 15) is 4.79 Å². The summed E-state index contributed by atoms with van der Waals surface area (Å²) in [5, 5.41) is 3.19. The van der Waals surface area contributed by atoms with Gasteiger partial charge in [0.2, 0.25) is 0 Å². The van der Waals surface area contributed by atoms with Crippen molar-refractivity contribution in [3.05, 3.63) is 18.2 Å². The van der Waals surface area contributed by atoms with Gasteiger partial charge in [-0.1, -0.05) is 13.8 Å². The van der Waals surface area contributed by atoms with Crippen molar-refractivity contribution in [2.24, 2.45) is 0 Å². The quantitative estimate of drug-likeness (QED) is 0.840. The number of esters is 1. The lowest BCUT2D eigenvalue weighted by Crippen LogP contribution is -2.49. The summed E-state index contributed by atoms with van der Waals surface area (Å²) in [6, 6.07) is 0.312. The minimum atomic E-state index is -0.542. The van der Waals surface area contributed by atoms with E-state index in [1.165, 1.54) is 0 Å². The summed E-state index contributed by atoms with van der Waals surface area (Å²) in [5.74, 6) is 1.35. The molecule has 1 aliphatic carbocycles. The molecule has 1 aromatic rings. The highest BCUT2D eigenvalue weighted by Gasteiger charge is 2.46. The molecule has 2 unspecified atom stereocenters. The Hall–Kier alpha value is -1.36. The van der Waals surface area contributed by atoms with Gasteiger partial charge in [0.1, 0.15) is 11.4 Å². The molecule has 2 rings (SSSR count). The summed E-state index contributed by atoms with van der Waals surface area (Å²) >= 11 is 0. The standard InChI is InChI=1S/C15H25N3O2/c1-5-20-14(19)15(16-4)7-6-12(10-15)18-9-8-17-13(18)11(2)3/h8-9,11-12,16H,5-7,10H2,1-4H3. The van der Waals surface area contributed by atoms with E-state index < -0.39 is 5.54 Å². The number of carbonyl (C=O) groups excluding carboxylic acids is 1. The van der Waals surface area contributed by atoms with E-state index in [1.807, 2.05) is 26.4 Å². The lowest BCUT2D eigenvalue weighted by molar-refractivity contribution is -0.150. The molecule has 5 nitrogen and oxygen atoms in total. The third kappa shape index (κ3) is 2.59. The van der Waals surface area contributed by atoms with Gasteiger partial charge >= 0.3 is 5.97 Å². The molecule has 1 aromatic heterocycles. The maximum atomic E-state index is 12.2. The smallest absolute Gasteiger partial charge is 0.326 e. The molecule has 1 N–H and O–H groups in total. The molecule has 1 heterocycles. The van der Waals surface area contributed by atoms with E-state index in [-0.39, 0.29) is 5.97 Å². The molecule has 0 amide bonds. The number of ether oxygens (including phenoxy) is 1. The van der Waals surface area contributed by atoms with Crippen molar-refractivity contribution in [1.82, 2.24) is 14.9 Å². The first-order valence-electron chi connectivity index (χ1n) is 7.43. The molecule has 0 saturated heterocycles. The second-order valence-corrected chi connectivity index (χ2v) is 5.80. The Morgan fingerprint density at radius 2 is 2.40 bits per heavy atom. The number of carbonyl (C=O) groups is 1. The first kappa shape index (κ1) is 15.0. The molecule has 5 heteroatoms. The van der Waals surface area contributed by atoms with Gasteiger partial charge < -0.3 is 14.6 Å². The molecule has 112 valence electrons. The number of imidazole rings is 1. The Morgan fingerprint density at radius 1 is 1.65 bits per heavy atom. The Kier molecular flexibility index (Phi) is 4.48. The van der Waals surface area contributed by atoms with Crippen LogP contribution in [0.5, 0.6) is 0 Å². The van der Waals surface area contributed by atoms with Crippen LogP contribution in [0.3, 0.4) is 0 Å². The third-order valence-corrected chi connectivity index (χ3v) is 4.24. The summed E-state index contributed by atoms with van der Waals surface area (Å²) in [7, 11) is 1.84. The topological polar surface area (TPSA) is 56.1 Å². The van der Waals surface area contributed by atoms with Crippen molar-refractivity contribution >= 4 is 5.97 Å². The summed E-state index contributed by atoms with van der Waals surface area (Å²) < 4.78 is 7.46. The molecule has 0 aromatic carbocycles. The number of nitrogens with zero attached hydrogens (tertiary/aromatic N) is 2. The fourth-order valence-corrected chi connectivity index (χ4v) is 3.12. The fraction of sp³-hybridized carbons (Fsp3) is 0.733. The van der Waals surface area contributed by atoms with E-state index in [2.05, 4.69) is 28.7 Å². The van der Waals surface area contributed by atoms with Gasteiger partial charge in [-0.05, 0) is 33.2 Å². The normalized spacial score (nSPS) is 26.1. The van der Waals surface area contributed by atoms with Gasteiger partial charge in [-0.3, -0.25) is 4.79 Å². The molecular formula is C15H25N3O2. The third-order valence-electron chi connectivity index (χ3n) is 4.24. The van der Waals surface area contributed by atoms with E-state index in [4.69, 9.17) is 4.74 Å². The van der Waals surface area contributed by atoms with Gasteiger partial charge in [-0.25, -0.2) is 4.98 Å². The number of aromatic nitrogens is 2. The minimum Gasteiger partial charge on any atom is -0.465 e. The van der Waals surface area contributed by atoms with E-state index >= 15 is 0 Å². The van der Waals surface area contributed by atoms with Crippen LogP contribution in [0, 0.1) is 0 Å². The largest absolute Gasteiger partial charge is 0.465 e. The molecule has 0 radical (unpaired) electrons. The number of hydrogen-bond acceptors (Lipinski definition) is 4. The minimum absolute atomic E-state index is 0.129. The zero-order valence-corrected chi connectivity index (χ0v) is 12.8. The zero-order valence-electron chi connectivity index (χ0n) is 12.8. The van der Waals surface area contributed by atoms with Gasteiger partial charge in [-0.15, -0.1) is 0 Å². The maximum absolute atomic E-state index is 12.2. The Morgan fingerprint density at radius 3 is 3.00 bits per heavy atom. The highest BCUT2D eigenvalue weighted by Crippen LogP contribution is 2.39. The van der Waals surface area contributed by atoms with Crippen molar-refractivity contribution in [1.29, 1.82) is 0 Å². The van der Waals surface area contributed by atoms with E-state index in [0.29, 0.717) is 18.6 Å². The van der Waals surface area contributed by atoms with Gasteiger partial charge in [0, 0.05) is 24.4 Å². The van der Waals surface area contributed by atoms with Gasteiger partial charge in [-0.2, -0.15) is 0 Å². The predicted octanol–water partition coefficient (Wildman–Crippen LogP) is 2.25. The monoisotopic (exact) mass is 279 g/mol. The molecule has 0 bridgehead atoms. The lowest BCUT2D eigenvalue weighted by Gasteiger charge is -2.27. The molecule has 1 aliphatic rings. The number of likely N-dealkylation sites (N-methyl/N-ethyl adjacent to an activating group) is 1. The van der Waals surface area contributed by atoms with E-state index in [1.54, 1.807) is 0 Å². The predicted molar refractivity (Wildman–Crippen MR) is 77.6 cm³/mol. The van der Waals surface area contributed by atoms with Gasteiger partial charge in [0.15, 0.2) is 0 Å². The maximum Gasteiger partial charge on any atom is 0.326 e. The fourth-order valence-electron chi connectivity index (χ4n) is 3.12. The Balaban J connectivity index is 2.18. The van der Waals surface area contributed by atoms with Crippen LogP contribution < -0.4 is 5.32 Å². The van der Waals surface area contributed by atoms with Crippen LogP contribution in [0.25, 0.3) is 0 Å². The number of hydrogen-bond donors (Lipinski definition) is 1. The Labute approximate surface area is 120 Å². The van der Waals surface area contributed by atoms with Crippen LogP contribution in [0.1, 0.15) is 57.8 Å². The number of rotatable bonds is 5. The first-order chi connectivity index (χ1) is 9.54. The molecule has 0 aliphatic heterocycles. The van der Waals surface area contributed by atoms with Crippen molar-refractivity contribution in [2.75, 3.05) is 13.7 Å². The average molecular weight is 279 g/mol. The first-order valence-corrected chi connectivity index (χ1v) is 7.43. The average Bonchev–Trinajstić information content (AvgIpc) is 3.06.